The number of nitrogens with one attached hydrogen (secondary N) is 1. The van der Waals surface area contributed by atoms with Gasteiger partial charge in [0, 0.05) is 12.1 Å². The number of aromatic carboxylic acids is 1. The first kappa shape index (κ1) is 44.6. The molecule has 0 saturated heterocycles. The molecule has 0 fully saturated rings. The zero-order valence-corrected chi connectivity index (χ0v) is 35.5. The Morgan fingerprint density at radius 2 is 1.14 bits per heavy atom. The smallest absolute Gasteiger partial charge is 0.354 e. The number of nitro benzene ring substituents is 1. The van der Waals surface area contributed by atoms with Gasteiger partial charge in [-0.1, -0.05) is 96.2 Å². The van der Waals surface area contributed by atoms with Crippen molar-refractivity contribution in [3.05, 3.63) is 151 Å². The van der Waals surface area contributed by atoms with Crippen LogP contribution in [0.25, 0.3) is 12.2 Å². The highest BCUT2D eigenvalue weighted by Gasteiger charge is 2.25. The minimum Gasteiger partial charge on any atom is -0.477 e. The number of carbonyl (C=O) groups excluding carboxylic acids is 1. The van der Waals surface area contributed by atoms with Crippen LogP contribution in [0.15, 0.2) is 89.8 Å². The van der Waals surface area contributed by atoms with Crippen molar-refractivity contribution >= 4 is 39.7 Å². The first-order valence-electron chi connectivity index (χ1n) is 18.6. The van der Waals surface area contributed by atoms with Gasteiger partial charge in [-0.15, -0.1) is 0 Å². The lowest BCUT2D eigenvalue weighted by Gasteiger charge is -2.13. The number of allylic oxidation sites excluding steroid dienone is 2. The zero-order chi connectivity index (χ0) is 43.2. The molecule has 13 nitrogen and oxygen atoms in total. The van der Waals surface area contributed by atoms with E-state index in [-0.39, 0.29) is 33.7 Å². The van der Waals surface area contributed by atoms with Crippen molar-refractivity contribution < 1.29 is 28.0 Å². The molecule has 1 amide bonds. The van der Waals surface area contributed by atoms with E-state index >= 15 is 0 Å². The topological polar surface area (TPSA) is 179 Å². The molecule has 0 saturated carbocycles. The summed E-state index contributed by atoms with van der Waals surface area (Å²) in [6.45, 7) is 21.1. The molecule has 2 aromatic heterocycles. The molecule has 2 heterocycles. The van der Waals surface area contributed by atoms with E-state index in [9.17, 15) is 33.2 Å². The molecular weight excluding hydrogens is 757 g/mol. The highest BCUT2D eigenvalue weighted by atomic mass is 32.2. The third-order valence-electron chi connectivity index (χ3n) is 9.03. The van der Waals surface area contributed by atoms with Gasteiger partial charge in [0.1, 0.15) is 11.4 Å². The Bertz CT molecular complexity index is 2460. The highest BCUT2D eigenvalue weighted by Crippen LogP contribution is 2.23. The Morgan fingerprint density at radius 1 is 0.724 bits per heavy atom. The lowest BCUT2D eigenvalue weighted by atomic mass is 9.96. The number of hydrogen-bond donors (Lipinski definition) is 2. The molecular formula is C44H52N6O7S. The largest absolute Gasteiger partial charge is 0.477 e. The normalized spacial score (nSPS) is 12.1. The number of non-ortho nitro benzene ring substituents is 1. The van der Waals surface area contributed by atoms with Crippen LogP contribution < -0.4 is 4.72 Å². The number of carboxylic acids is 1. The Labute approximate surface area is 340 Å². The minimum absolute atomic E-state index is 0.0276. The second-order valence-electron chi connectivity index (χ2n) is 16.4. The molecule has 0 radical (unpaired) electrons. The molecule has 0 spiro atoms. The van der Waals surface area contributed by atoms with Crippen molar-refractivity contribution in [1.29, 1.82) is 0 Å². The Balaban J connectivity index is 0.000000280. The molecule has 3 aromatic carbocycles. The van der Waals surface area contributed by atoms with Crippen LogP contribution in [0.5, 0.6) is 0 Å². The van der Waals surface area contributed by atoms with Crippen molar-refractivity contribution in [2.24, 2.45) is 10.8 Å². The number of aromatic nitrogens is 4. The standard InChI is InChI=1S/C25H28N4O5S.C19H24N2O2/c1-17-8-6-9-18(2)22(17)16-28-23(14-19(26-28)12-13-25(3,4)5)24(30)27-35(33,34)21-11-7-10-20(15-21)29(31)32;1-13-7-6-8-14(2)16(13)12-21-17(18(22)23)11-15(20-21)9-10-19(3,4)5/h6-15H,16H2,1-5H3,(H,27,30);6-11H,12H2,1-5H3,(H,22,23)/b13-12+;10-9+. The fraction of sp³-hybridized carbons (Fsp3) is 0.318. The number of amides is 1. The average Bonchev–Trinajstić information content (AvgIpc) is 3.73. The van der Waals surface area contributed by atoms with E-state index in [2.05, 4.69) is 31.0 Å². The van der Waals surface area contributed by atoms with Crippen LogP contribution in [0.2, 0.25) is 0 Å². The Morgan fingerprint density at radius 3 is 1.55 bits per heavy atom. The molecule has 0 atom stereocenters. The van der Waals surface area contributed by atoms with Crippen LogP contribution in [0.3, 0.4) is 0 Å². The maximum Gasteiger partial charge on any atom is 0.354 e. The van der Waals surface area contributed by atoms with Crippen LogP contribution in [-0.2, 0) is 23.1 Å². The number of nitrogens with zero attached hydrogens (tertiary/aromatic N) is 5. The molecule has 0 unspecified atom stereocenters. The summed E-state index contributed by atoms with van der Waals surface area (Å²) in [7, 11) is -4.36. The van der Waals surface area contributed by atoms with Gasteiger partial charge in [0.15, 0.2) is 0 Å². The Hall–Kier alpha value is -6.15. The van der Waals surface area contributed by atoms with Gasteiger partial charge in [-0.05, 0) is 102 Å². The molecule has 5 rings (SSSR count). The molecule has 2 N–H and O–H groups in total. The summed E-state index contributed by atoms with van der Waals surface area (Å²) in [5.74, 6) is -1.84. The average molecular weight is 809 g/mol. The number of carbonyl (C=O) groups is 2. The van der Waals surface area contributed by atoms with Gasteiger partial charge in [0.25, 0.3) is 21.6 Å². The number of sulfonamides is 1. The SMILES string of the molecule is Cc1cccc(C)c1Cn1nc(/C=C/C(C)(C)C)cc1C(=O)NS(=O)(=O)c1cccc([N+](=O)[O-])c1.Cc1cccc(C)c1Cn1nc(/C=C/C(C)(C)C)cc1C(=O)O. The van der Waals surface area contributed by atoms with Crippen molar-refractivity contribution in [2.75, 3.05) is 0 Å². The molecule has 0 aliphatic carbocycles. The number of carboxylic acid groups (broad SMARTS) is 1. The van der Waals surface area contributed by atoms with Crippen molar-refractivity contribution in [3.8, 4) is 0 Å². The number of nitro groups is 1. The van der Waals surface area contributed by atoms with E-state index in [1.54, 1.807) is 16.8 Å². The zero-order valence-electron chi connectivity index (χ0n) is 34.7. The van der Waals surface area contributed by atoms with Gasteiger partial charge in [-0.2, -0.15) is 10.2 Å². The number of rotatable bonds is 11. The first-order valence-corrected chi connectivity index (χ1v) is 20.1. The molecule has 0 aliphatic rings. The van der Waals surface area contributed by atoms with Gasteiger partial charge in [-0.25, -0.2) is 17.9 Å². The fourth-order valence-electron chi connectivity index (χ4n) is 5.80. The minimum atomic E-state index is -4.36. The first-order chi connectivity index (χ1) is 26.9. The number of hydrogen-bond acceptors (Lipinski definition) is 8. The lowest BCUT2D eigenvalue weighted by molar-refractivity contribution is -0.385. The Kier molecular flexibility index (Phi) is 13.8. The summed E-state index contributed by atoms with van der Waals surface area (Å²) >= 11 is 0. The van der Waals surface area contributed by atoms with Gasteiger partial charge >= 0.3 is 5.97 Å². The van der Waals surface area contributed by atoms with Gasteiger partial charge < -0.3 is 5.11 Å². The number of benzene rings is 3. The maximum absolute atomic E-state index is 13.1. The third-order valence-corrected chi connectivity index (χ3v) is 10.4. The van der Waals surface area contributed by atoms with Crippen LogP contribution in [-0.4, -0.2) is 49.9 Å². The second kappa shape index (κ2) is 18.0. The molecule has 306 valence electrons. The number of aryl methyl sites for hydroxylation is 4. The molecule has 5 aromatic rings. The van der Waals surface area contributed by atoms with Crippen LogP contribution in [0, 0.1) is 48.6 Å². The van der Waals surface area contributed by atoms with Gasteiger partial charge in [0.05, 0.1) is 34.3 Å². The van der Waals surface area contributed by atoms with Crippen molar-refractivity contribution in [1.82, 2.24) is 24.3 Å². The summed E-state index contributed by atoms with van der Waals surface area (Å²) in [6.07, 6.45) is 7.64. The van der Waals surface area contributed by atoms with E-state index in [4.69, 9.17) is 0 Å². The van der Waals surface area contributed by atoms with Crippen LogP contribution >= 0.6 is 0 Å². The second-order valence-corrected chi connectivity index (χ2v) is 18.0. The summed E-state index contributed by atoms with van der Waals surface area (Å²) in [5.41, 5.74) is 7.35. The van der Waals surface area contributed by atoms with Gasteiger partial charge in [0.2, 0.25) is 0 Å². The van der Waals surface area contributed by atoms with Crippen molar-refractivity contribution in [2.45, 2.75) is 87.2 Å². The quantitative estimate of drug-likeness (QED) is 0.0973. The van der Waals surface area contributed by atoms with Crippen LogP contribution in [0.1, 0.15) is 107 Å². The highest BCUT2D eigenvalue weighted by molar-refractivity contribution is 7.90. The van der Waals surface area contributed by atoms with Crippen molar-refractivity contribution in [3.63, 3.8) is 0 Å². The van der Waals surface area contributed by atoms with E-state index in [1.807, 2.05) is 108 Å². The maximum atomic E-state index is 13.1. The lowest BCUT2D eigenvalue weighted by Crippen LogP contribution is -2.32. The van der Waals surface area contributed by atoms with E-state index in [0.717, 1.165) is 39.4 Å². The monoisotopic (exact) mass is 808 g/mol. The molecule has 58 heavy (non-hydrogen) atoms. The molecule has 0 bridgehead atoms. The van der Waals surface area contributed by atoms with E-state index < -0.39 is 32.5 Å². The van der Waals surface area contributed by atoms with E-state index in [0.29, 0.717) is 17.9 Å². The molecule has 14 heteroatoms. The third kappa shape index (κ3) is 12.2. The van der Waals surface area contributed by atoms with Crippen LogP contribution in [0.4, 0.5) is 5.69 Å². The predicted octanol–water partition coefficient (Wildman–Crippen LogP) is 8.94. The summed E-state index contributed by atoms with van der Waals surface area (Å²) in [6, 6.07) is 19.6. The summed E-state index contributed by atoms with van der Waals surface area (Å²) in [4.78, 5) is 34.6. The summed E-state index contributed by atoms with van der Waals surface area (Å²) in [5, 5.41) is 29.5. The fourth-order valence-corrected chi connectivity index (χ4v) is 6.80. The predicted molar refractivity (Wildman–Crippen MR) is 226 cm³/mol. The van der Waals surface area contributed by atoms with E-state index in [1.165, 1.54) is 28.9 Å². The summed E-state index contributed by atoms with van der Waals surface area (Å²) < 4.78 is 30.7. The molecule has 0 aliphatic heterocycles. The van der Waals surface area contributed by atoms with Gasteiger partial charge in [-0.3, -0.25) is 24.3 Å².